The van der Waals surface area contributed by atoms with Gasteiger partial charge in [0.05, 0.1) is 6.42 Å². The second kappa shape index (κ2) is 6.41. The Morgan fingerprint density at radius 1 is 1.30 bits per heavy atom. The molecule has 0 aliphatic heterocycles. The first-order valence-corrected chi connectivity index (χ1v) is 6.95. The molecule has 1 aliphatic rings. The van der Waals surface area contributed by atoms with Crippen LogP contribution in [0.15, 0.2) is 24.3 Å². The number of carboxylic acids is 1. The van der Waals surface area contributed by atoms with Crippen molar-refractivity contribution in [1.82, 2.24) is 10.2 Å². The smallest absolute Gasteiger partial charge is 0.317 e. The number of carbonyl (C=O) groups is 2. The fraction of sp³-hybridized carbons (Fsp3) is 0.467. The van der Waals surface area contributed by atoms with Crippen LogP contribution in [-0.4, -0.2) is 34.6 Å². The lowest BCUT2D eigenvalue weighted by Gasteiger charge is -2.21. The Labute approximate surface area is 118 Å². The second-order valence-electron chi connectivity index (χ2n) is 5.02. The van der Waals surface area contributed by atoms with Crippen molar-refractivity contribution in [2.75, 3.05) is 6.54 Å². The molecule has 108 valence electrons. The van der Waals surface area contributed by atoms with Gasteiger partial charge >= 0.3 is 12.0 Å². The summed E-state index contributed by atoms with van der Waals surface area (Å²) in [6, 6.07) is 7.62. The van der Waals surface area contributed by atoms with Crippen LogP contribution in [0.3, 0.4) is 0 Å². The van der Waals surface area contributed by atoms with Gasteiger partial charge in [-0.05, 0) is 30.9 Å². The van der Waals surface area contributed by atoms with Crippen LogP contribution in [0.5, 0.6) is 0 Å². The molecule has 5 heteroatoms. The van der Waals surface area contributed by atoms with E-state index in [9.17, 15) is 9.59 Å². The number of carbonyl (C=O) groups excluding carboxylic acids is 1. The van der Waals surface area contributed by atoms with Crippen molar-refractivity contribution in [1.29, 1.82) is 0 Å². The van der Waals surface area contributed by atoms with Gasteiger partial charge < -0.3 is 15.3 Å². The van der Waals surface area contributed by atoms with Crippen molar-refractivity contribution >= 4 is 12.0 Å². The van der Waals surface area contributed by atoms with Gasteiger partial charge in [0, 0.05) is 19.1 Å². The van der Waals surface area contributed by atoms with Crippen LogP contribution in [0.1, 0.15) is 30.9 Å². The number of nitrogens with one attached hydrogen (secondary N) is 1. The zero-order chi connectivity index (χ0) is 14.5. The maximum atomic E-state index is 12.1. The van der Waals surface area contributed by atoms with Crippen molar-refractivity contribution in [3.8, 4) is 0 Å². The fourth-order valence-corrected chi connectivity index (χ4v) is 2.29. The first kappa shape index (κ1) is 14.4. The molecule has 0 spiro atoms. The second-order valence-corrected chi connectivity index (χ2v) is 5.02. The third-order valence-corrected chi connectivity index (χ3v) is 3.48. The van der Waals surface area contributed by atoms with E-state index >= 15 is 0 Å². The van der Waals surface area contributed by atoms with Gasteiger partial charge in [0.25, 0.3) is 0 Å². The topological polar surface area (TPSA) is 69.6 Å². The van der Waals surface area contributed by atoms with Crippen LogP contribution in [-0.2, 0) is 17.8 Å². The third-order valence-electron chi connectivity index (χ3n) is 3.48. The first-order valence-electron chi connectivity index (χ1n) is 6.95. The molecule has 1 aromatic carbocycles. The minimum Gasteiger partial charge on any atom is -0.481 e. The summed E-state index contributed by atoms with van der Waals surface area (Å²) >= 11 is 0. The molecule has 2 amide bonds. The lowest BCUT2D eigenvalue weighted by atomic mass is 10.0. The van der Waals surface area contributed by atoms with E-state index in [1.807, 2.05) is 30.0 Å². The number of amides is 2. The normalized spacial score (nSPS) is 13.8. The lowest BCUT2D eigenvalue weighted by Crippen LogP contribution is -2.41. The summed E-state index contributed by atoms with van der Waals surface area (Å²) in [4.78, 5) is 24.7. The van der Waals surface area contributed by atoms with Gasteiger partial charge in [0.1, 0.15) is 0 Å². The Kier molecular flexibility index (Phi) is 4.61. The minimum absolute atomic E-state index is 0.0217. The quantitative estimate of drug-likeness (QED) is 0.835. The summed E-state index contributed by atoms with van der Waals surface area (Å²) in [6.07, 6.45) is 2.14. The van der Waals surface area contributed by atoms with Crippen molar-refractivity contribution in [2.45, 2.75) is 38.8 Å². The van der Waals surface area contributed by atoms with E-state index in [-0.39, 0.29) is 12.5 Å². The molecule has 0 aromatic heterocycles. The molecule has 1 aliphatic carbocycles. The highest BCUT2D eigenvalue weighted by Crippen LogP contribution is 2.26. The molecule has 5 nitrogen and oxygen atoms in total. The number of aliphatic carboxylic acids is 1. The van der Waals surface area contributed by atoms with E-state index in [0.717, 1.165) is 24.0 Å². The fourth-order valence-electron chi connectivity index (χ4n) is 2.29. The van der Waals surface area contributed by atoms with Gasteiger partial charge in [-0.3, -0.25) is 4.79 Å². The van der Waals surface area contributed by atoms with Crippen LogP contribution >= 0.6 is 0 Å². The molecule has 1 aromatic rings. The van der Waals surface area contributed by atoms with Crippen molar-refractivity contribution in [2.24, 2.45) is 0 Å². The van der Waals surface area contributed by atoms with Crippen LogP contribution in [0.2, 0.25) is 0 Å². The van der Waals surface area contributed by atoms with E-state index in [4.69, 9.17) is 5.11 Å². The molecular formula is C15H20N2O3. The number of urea groups is 1. The van der Waals surface area contributed by atoms with Gasteiger partial charge in [-0.25, -0.2) is 4.79 Å². The van der Waals surface area contributed by atoms with Gasteiger partial charge in [-0.2, -0.15) is 0 Å². The first-order chi connectivity index (χ1) is 9.61. The Hall–Kier alpha value is -2.04. The molecule has 2 N–H and O–H groups in total. The molecular weight excluding hydrogens is 256 g/mol. The van der Waals surface area contributed by atoms with Crippen LogP contribution < -0.4 is 5.32 Å². The number of hydrogen-bond acceptors (Lipinski definition) is 2. The van der Waals surface area contributed by atoms with Crippen LogP contribution in [0.4, 0.5) is 4.79 Å². The molecule has 1 fully saturated rings. The number of nitrogens with zero attached hydrogens (tertiary/aromatic N) is 1. The molecule has 1 saturated carbocycles. The predicted molar refractivity (Wildman–Crippen MR) is 75.4 cm³/mol. The maximum absolute atomic E-state index is 12.1. The predicted octanol–water partition coefficient (Wildman–Crippen LogP) is 2.01. The van der Waals surface area contributed by atoms with Crippen LogP contribution in [0.25, 0.3) is 0 Å². The summed E-state index contributed by atoms with van der Waals surface area (Å²) in [5.41, 5.74) is 1.60. The highest BCUT2D eigenvalue weighted by Gasteiger charge is 2.31. The molecule has 0 radical (unpaired) electrons. The number of benzene rings is 1. The summed E-state index contributed by atoms with van der Waals surface area (Å²) < 4.78 is 0. The Bertz CT molecular complexity index is 498. The third kappa shape index (κ3) is 3.73. The van der Waals surface area contributed by atoms with Gasteiger partial charge in [0.15, 0.2) is 0 Å². The molecule has 0 unspecified atom stereocenters. The Morgan fingerprint density at radius 2 is 1.95 bits per heavy atom. The monoisotopic (exact) mass is 276 g/mol. The summed E-state index contributed by atoms with van der Waals surface area (Å²) in [5, 5.41) is 11.8. The molecule has 0 saturated heterocycles. The standard InChI is InChI=1S/C15H20N2O3/c1-2-17(13-7-8-13)15(20)16-10-12-6-4-3-5-11(12)9-14(18)19/h3-6,13H,2,7-10H2,1H3,(H,16,20)(H,18,19). The summed E-state index contributed by atoms with van der Waals surface area (Å²) in [6.45, 7) is 3.04. The molecule has 2 rings (SSSR count). The number of hydrogen-bond donors (Lipinski definition) is 2. The Balaban J connectivity index is 1.96. The van der Waals surface area contributed by atoms with Gasteiger partial charge in [-0.15, -0.1) is 0 Å². The van der Waals surface area contributed by atoms with Crippen LogP contribution in [0, 0.1) is 0 Å². The van der Waals surface area contributed by atoms with Crippen molar-refractivity contribution in [3.63, 3.8) is 0 Å². The highest BCUT2D eigenvalue weighted by atomic mass is 16.4. The molecule has 0 atom stereocenters. The maximum Gasteiger partial charge on any atom is 0.317 e. The molecule has 20 heavy (non-hydrogen) atoms. The SMILES string of the molecule is CCN(C(=O)NCc1ccccc1CC(=O)O)C1CC1. The molecule has 0 heterocycles. The lowest BCUT2D eigenvalue weighted by molar-refractivity contribution is -0.136. The van der Waals surface area contributed by atoms with E-state index in [1.165, 1.54) is 0 Å². The number of rotatable bonds is 6. The average Bonchev–Trinajstić information content (AvgIpc) is 3.22. The Morgan fingerprint density at radius 3 is 2.50 bits per heavy atom. The van der Waals surface area contributed by atoms with E-state index in [1.54, 1.807) is 6.07 Å². The van der Waals surface area contributed by atoms with Gasteiger partial charge in [-0.1, -0.05) is 24.3 Å². The van der Waals surface area contributed by atoms with E-state index < -0.39 is 5.97 Å². The van der Waals surface area contributed by atoms with E-state index in [2.05, 4.69) is 5.32 Å². The van der Waals surface area contributed by atoms with E-state index in [0.29, 0.717) is 19.1 Å². The average molecular weight is 276 g/mol. The minimum atomic E-state index is -0.864. The summed E-state index contributed by atoms with van der Waals surface area (Å²) in [7, 11) is 0. The summed E-state index contributed by atoms with van der Waals surface area (Å²) in [5.74, 6) is -0.864. The zero-order valence-corrected chi connectivity index (χ0v) is 11.6. The van der Waals surface area contributed by atoms with Gasteiger partial charge in [0.2, 0.25) is 0 Å². The largest absolute Gasteiger partial charge is 0.481 e. The van der Waals surface area contributed by atoms with Crippen molar-refractivity contribution < 1.29 is 14.7 Å². The molecule has 0 bridgehead atoms. The highest BCUT2D eigenvalue weighted by molar-refractivity contribution is 5.75. The van der Waals surface area contributed by atoms with Crippen molar-refractivity contribution in [3.05, 3.63) is 35.4 Å². The number of carboxylic acid groups (broad SMARTS) is 1. The zero-order valence-electron chi connectivity index (χ0n) is 11.6.